The standard InChI is InChI=1S/C15H16N2O2/c1-10-9-14(19-3)11(2)8-13(10)17-15(18)12-6-4-5-7-16-12/h4-9H,1-3H3,(H,17,18). The van der Waals surface area contributed by atoms with E-state index in [-0.39, 0.29) is 5.91 Å². The number of benzene rings is 1. The summed E-state index contributed by atoms with van der Waals surface area (Å²) in [6.07, 6.45) is 1.60. The molecule has 0 aliphatic rings. The van der Waals surface area contributed by atoms with Crippen LogP contribution in [-0.4, -0.2) is 18.0 Å². The van der Waals surface area contributed by atoms with Crippen molar-refractivity contribution in [2.24, 2.45) is 0 Å². The first kappa shape index (κ1) is 13.1. The average Bonchev–Trinajstić information content (AvgIpc) is 2.43. The molecule has 1 aromatic carbocycles. The number of rotatable bonds is 3. The van der Waals surface area contributed by atoms with Crippen LogP contribution in [0.5, 0.6) is 5.75 Å². The highest BCUT2D eigenvalue weighted by molar-refractivity contribution is 6.03. The lowest BCUT2D eigenvalue weighted by Crippen LogP contribution is -2.14. The van der Waals surface area contributed by atoms with Gasteiger partial charge in [0.05, 0.1) is 7.11 Å². The predicted molar refractivity (Wildman–Crippen MR) is 74.7 cm³/mol. The molecule has 2 rings (SSSR count). The Kier molecular flexibility index (Phi) is 3.80. The molecular formula is C15H16N2O2. The highest BCUT2D eigenvalue weighted by Gasteiger charge is 2.10. The van der Waals surface area contributed by atoms with Crippen LogP contribution in [0, 0.1) is 13.8 Å². The lowest BCUT2D eigenvalue weighted by atomic mass is 10.1. The summed E-state index contributed by atoms with van der Waals surface area (Å²) < 4.78 is 5.25. The highest BCUT2D eigenvalue weighted by atomic mass is 16.5. The number of carbonyl (C=O) groups is 1. The van der Waals surface area contributed by atoms with Gasteiger partial charge in [0.25, 0.3) is 5.91 Å². The second kappa shape index (κ2) is 5.52. The molecule has 0 bridgehead atoms. The summed E-state index contributed by atoms with van der Waals surface area (Å²) in [5, 5.41) is 2.86. The molecule has 0 saturated carbocycles. The fraction of sp³-hybridized carbons (Fsp3) is 0.200. The summed E-state index contributed by atoms with van der Waals surface area (Å²) in [5.74, 6) is 0.599. The molecule has 0 saturated heterocycles. The Balaban J connectivity index is 2.25. The van der Waals surface area contributed by atoms with Crippen molar-refractivity contribution in [3.8, 4) is 5.75 Å². The third kappa shape index (κ3) is 2.91. The second-order valence-corrected chi connectivity index (χ2v) is 4.31. The van der Waals surface area contributed by atoms with Crippen molar-refractivity contribution >= 4 is 11.6 Å². The quantitative estimate of drug-likeness (QED) is 0.918. The van der Waals surface area contributed by atoms with Gasteiger partial charge < -0.3 is 10.1 Å². The number of carbonyl (C=O) groups excluding carboxylic acids is 1. The SMILES string of the molecule is COc1cc(C)c(NC(=O)c2ccccn2)cc1C. The van der Waals surface area contributed by atoms with E-state index in [2.05, 4.69) is 10.3 Å². The lowest BCUT2D eigenvalue weighted by Gasteiger charge is -2.12. The molecule has 98 valence electrons. The number of hydrogen-bond acceptors (Lipinski definition) is 3. The Morgan fingerprint density at radius 3 is 2.63 bits per heavy atom. The summed E-state index contributed by atoms with van der Waals surface area (Å²) in [4.78, 5) is 16.1. The Hall–Kier alpha value is -2.36. The zero-order chi connectivity index (χ0) is 13.8. The van der Waals surface area contributed by atoms with Crippen LogP contribution in [0.2, 0.25) is 0 Å². The van der Waals surface area contributed by atoms with Gasteiger partial charge in [0.15, 0.2) is 0 Å². The van der Waals surface area contributed by atoms with Gasteiger partial charge in [0.1, 0.15) is 11.4 Å². The number of aromatic nitrogens is 1. The zero-order valence-electron chi connectivity index (χ0n) is 11.2. The maximum absolute atomic E-state index is 12.0. The molecule has 0 unspecified atom stereocenters. The molecule has 0 aliphatic heterocycles. The van der Waals surface area contributed by atoms with Crippen molar-refractivity contribution in [1.82, 2.24) is 4.98 Å². The largest absolute Gasteiger partial charge is 0.496 e. The number of hydrogen-bond donors (Lipinski definition) is 1. The first-order chi connectivity index (χ1) is 9.11. The summed E-state index contributed by atoms with van der Waals surface area (Å²) in [6.45, 7) is 3.87. The van der Waals surface area contributed by atoms with Gasteiger partial charge in [-0.15, -0.1) is 0 Å². The first-order valence-electron chi connectivity index (χ1n) is 5.99. The molecule has 2 aromatic rings. The van der Waals surface area contributed by atoms with Gasteiger partial charge in [-0.3, -0.25) is 9.78 Å². The van der Waals surface area contributed by atoms with E-state index in [1.165, 1.54) is 0 Å². The van der Waals surface area contributed by atoms with Gasteiger partial charge in [-0.25, -0.2) is 0 Å². The van der Waals surface area contributed by atoms with E-state index < -0.39 is 0 Å². The minimum absolute atomic E-state index is 0.215. The van der Waals surface area contributed by atoms with E-state index in [0.717, 1.165) is 22.6 Å². The fourth-order valence-electron chi connectivity index (χ4n) is 1.83. The molecule has 0 aliphatic carbocycles. The Bertz CT molecular complexity index is 595. The molecule has 0 fully saturated rings. The first-order valence-corrected chi connectivity index (χ1v) is 5.99. The molecule has 0 atom stereocenters. The summed E-state index contributed by atoms with van der Waals surface area (Å²) in [5.41, 5.74) is 3.10. The second-order valence-electron chi connectivity index (χ2n) is 4.31. The molecular weight excluding hydrogens is 240 g/mol. The van der Waals surface area contributed by atoms with Crippen molar-refractivity contribution in [3.63, 3.8) is 0 Å². The number of ether oxygens (including phenoxy) is 1. The van der Waals surface area contributed by atoms with Crippen molar-refractivity contribution in [2.45, 2.75) is 13.8 Å². The van der Waals surface area contributed by atoms with Gasteiger partial charge >= 0.3 is 0 Å². The van der Waals surface area contributed by atoms with Gasteiger partial charge in [-0.05, 0) is 49.2 Å². The number of amides is 1. The van der Waals surface area contributed by atoms with Gasteiger partial charge in [-0.2, -0.15) is 0 Å². The summed E-state index contributed by atoms with van der Waals surface area (Å²) in [7, 11) is 1.63. The lowest BCUT2D eigenvalue weighted by molar-refractivity contribution is 0.102. The van der Waals surface area contributed by atoms with E-state index in [4.69, 9.17) is 4.74 Å². The number of nitrogens with one attached hydrogen (secondary N) is 1. The van der Waals surface area contributed by atoms with Crippen LogP contribution in [0.4, 0.5) is 5.69 Å². The topological polar surface area (TPSA) is 51.2 Å². The van der Waals surface area contributed by atoms with Crippen LogP contribution in [0.25, 0.3) is 0 Å². The summed E-state index contributed by atoms with van der Waals surface area (Å²) >= 11 is 0. The molecule has 0 radical (unpaired) electrons. The smallest absolute Gasteiger partial charge is 0.274 e. The van der Waals surface area contributed by atoms with E-state index in [0.29, 0.717) is 5.69 Å². The molecule has 1 aromatic heterocycles. The molecule has 0 spiro atoms. The number of pyridine rings is 1. The third-order valence-corrected chi connectivity index (χ3v) is 2.89. The van der Waals surface area contributed by atoms with Crippen molar-refractivity contribution in [3.05, 3.63) is 53.3 Å². The Morgan fingerprint density at radius 1 is 1.21 bits per heavy atom. The van der Waals surface area contributed by atoms with Crippen LogP contribution in [-0.2, 0) is 0 Å². The zero-order valence-corrected chi connectivity index (χ0v) is 11.2. The van der Waals surface area contributed by atoms with Crippen molar-refractivity contribution in [1.29, 1.82) is 0 Å². The van der Waals surface area contributed by atoms with Gasteiger partial charge in [0, 0.05) is 11.9 Å². The molecule has 4 nitrogen and oxygen atoms in total. The molecule has 19 heavy (non-hydrogen) atoms. The van der Waals surface area contributed by atoms with Crippen molar-refractivity contribution < 1.29 is 9.53 Å². The van der Waals surface area contributed by atoms with Crippen molar-refractivity contribution in [2.75, 3.05) is 12.4 Å². The fourth-order valence-corrected chi connectivity index (χ4v) is 1.83. The molecule has 1 heterocycles. The number of nitrogens with zero attached hydrogens (tertiary/aromatic N) is 1. The summed E-state index contributed by atoms with van der Waals surface area (Å²) in [6, 6.07) is 9.05. The van der Waals surface area contributed by atoms with E-state index >= 15 is 0 Å². The van der Waals surface area contributed by atoms with Crippen LogP contribution in [0.1, 0.15) is 21.6 Å². The van der Waals surface area contributed by atoms with Crippen LogP contribution in [0.15, 0.2) is 36.5 Å². The minimum atomic E-state index is -0.215. The van der Waals surface area contributed by atoms with Crippen LogP contribution >= 0.6 is 0 Å². The van der Waals surface area contributed by atoms with Gasteiger partial charge in [-0.1, -0.05) is 6.07 Å². The number of anilines is 1. The van der Waals surface area contributed by atoms with E-state index in [1.54, 1.807) is 31.5 Å². The van der Waals surface area contributed by atoms with Crippen LogP contribution < -0.4 is 10.1 Å². The Morgan fingerprint density at radius 2 is 2.00 bits per heavy atom. The number of methoxy groups -OCH3 is 1. The molecule has 1 N–H and O–H groups in total. The monoisotopic (exact) mass is 256 g/mol. The van der Waals surface area contributed by atoms with Crippen LogP contribution in [0.3, 0.4) is 0 Å². The maximum Gasteiger partial charge on any atom is 0.274 e. The molecule has 1 amide bonds. The number of aryl methyl sites for hydroxylation is 2. The normalized spacial score (nSPS) is 10.1. The highest BCUT2D eigenvalue weighted by Crippen LogP contribution is 2.26. The molecule has 4 heteroatoms. The third-order valence-electron chi connectivity index (χ3n) is 2.89. The van der Waals surface area contributed by atoms with E-state index in [9.17, 15) is 4.79 Å². The minimum Gasteiger partial charge on any atom is -0.496 e. The van der Waals surface area contributed by atoms with Gasteiger partial charge in [0.2, 0.25) is 0 Å². The average molecular weight is 256 g/mol. The Labute approximate surface area is 112 Å². The van der Waals surface area contributed by atoms with E-state index in [1.807, 2.05) is 26.0 Å². The predicted octanol–water partition coefficient (Wildman–Crippen LogP) is 2.96. The maximum atomic E-state index is 12.0.